The normalized spacial score (nSPS) is 11.1. The number of hydrogen-bond acceptors (Lipinski definition) is 7. The molecule has 0 spiro atoms. The number of nitrogens with zero attached hydrogens (tertiary/aromatic N) is 3. The molecule has 0 aliphatic rings. The number of rotatable bonds is 8. The Hall–Kier alpha value is -3.67. The highest BCUT2D eigenvalue weighted by atomic mass is 19.3. The molecule has 0 amide bonds. The molecule has 0 aliphatic carbocycles. The summed E-state index contributed by atoms with van der Waals surface area (Å²) in [6.45, 7) is 1.88. The number of hydrogen-bond donors (Lipinski definition) is 2. The summed E-state index contributed by atoms with van der Waals surface area (Å²) < 4.78 is 68.5. The summed E-state index contributed by atoms with van der Waals surface area (Å²) in [5.74, 6) is -3.22. The van der Waals surface area contributed by atoms with Crippen LogP contribution in [-0.4, -0.2) is 47.4 Å². The van der Waals surface area contributed by atoms with Crippen molar-refractivity contribution in [3.05, 3.63) is 53.6 Å². The molecule has 0 bridgehead atoms. The van der Waals surface area contributed by atoms with E-state index in [1.54, 1.807) is 13.0 Å². The van der Waals surface area contributed by atoms with Crippen LogP contribution in [0.25, 0.3) is 22.4 Å². The molecule has 2 heterocycles. The lowest BCUT2D eigenvalue weighted by Crippen LogP contribution is -2.26. The minimum absolute atomic E-state index is 0.0512. The van der Waals surface area contributed by atoms with Crippen LogP contribution in [0.3, 0.4) is 0 Å². The number of aromatic nitrogens is 3. The van der Waals surface area contributed by atoms with Gasteiger partial charge in [0.05, 0.1) is 17.8 Å². The molecule has 0 radical (unpaired) electrons. The third kappa shape index (κ3) is 8.25. The molecule has 35 heavy (non-hydrogen) atoms. The summed E-state index contributed by atoms with van der Waals surface area (Å²) in [5, 5.41) is 2.36. The van der Waals surface area contributed by atoms with Gasteiger partial charge in [-0.1, -0.05) is 0 Å². The van der Waals surface area contributed by atoms with Crippen molar-refractivity contribution in [1.29, 1.82) is 0 Å². The van der Waals surface area contributed by atoms with Crippen LogP contribution in [0, 0.1) is 12.7 Å². The number of carbonyl (C=O) groups excluding carboxylic acids is 1. The van der Waals surface area contributed by atoms with Crippen molar-refractivity contribution in [3.8, 4) is 28.3 Å². The fourth-order valence-corrected chi connectivity index (χ4v) is 3.01. The Balaban J connectivity index is 0.000000540. The third-order valence-corrected chi connectivity index (χ3v) is 4.27. The minimum atomic E-state index is -2.79. The monoisotopic (exact) mass is 497 g/mol. The van der Waals surface area contributed by atoms with Crippen LogP contribution < -0.4 is 15.8 Å². The fourth-order valence-electron chi connectivity index (χ4n) is 3.01. The second-order valence-electron chi connectivity index (χ2n) is 7.42. The average molecular weight is 497 g/mol. The van der Waals surface area contributed by atoms with Crippen molar-refractivity contribution in [1.82, 2.24) is 20.3 Å². The highest BCUT2D eigenvalue weighted by Crippen LogP contribution is 2.39. The van der Waals surface area contributed by atoms with E-state index < -0.39 is 23.9 Å². The predicted octanol–water partition coefficient (Wildman–Crippen LogP) is 4.61. The first-order chi connectivity index (χ1) is 16.4. The third-order valence-electron chi connectivity index (χ3n) is 4.27. The molecular formula is C23H24F5N5O2. The van der Waals surface area contributed by atoms with Gasteiger partial charge in [0.1, 0.15) is 18.1 Å². The maximum absolute atomic E-state index is 13.3. The highest BCUT2D eigenvalue weighted by Gasteiger charge is 2.21. The topological polar surface area (TPSA) is 103 Å². The van der Waals surface area contributed by atoms with Crippen LogP contribution in [0.2, 0.25) is 0 Å². The zero-order valence-corrected chi connectivity index (χ0v) is 19.2. The van der Waals surface area contributed by atoms with Crippen LogP contribution in [0.5, 0.6) is 5.88 Å². The number of aldehydes is 1. The van der Waals surface area contributed by atoms with Gasteiger partial charge in [-0.05, 0) is 55.9 Å². The standard InChI is InChI=1S/C19H15F3N4O2.C4H9F2N/c1-10-8-12(9-14(24-10)17(21)22)15-16(11-2-4-13(20)5-3-11)25-19(23)26-18(15)28-7-6-27;1-4(5,6)3-7-2/h2-6,8-9,17H,7H2,1H3,(H2,23,25,26);7H,3H2,1-2H3. The van der Waals surface area contributed by atoms with Crippen molar-refractivity contribution in [2.75, 3.05) is 25.9 Å². The van der Waals surface area contributed by atoms with Gasteiger partial charge in [0, 0.05) is 18.2 Å². The molecule has 188 valence electrons. The Morgan fingerprint density at radius 1 is 1.11 bits per heavy atom. The summed E-state index contributed by atoms with van der Waals surface area (Å²) in [5.41, 5.74) is 6.94. The summed E-state index contributed by atoms with van der Waals surface area (Å²) >= 11 is 0. The molecule has 3 aromatic rings. The van der Waals surface area contributed by atoms with Gasteiger partial charge >= 0.3 is 0 Å². The van der Waals surface area contributed by atoms with Crippen molar-refractivity contribution in [2.24, 2.45) is 0 Å². The SMILES string of the molecule is CNCC(C)(F)F.Cc1cc(-c2c(OCC=O)nc(N)nc2-c2ccc(F)cc2)cc(C(F)F)n1. The number of nitrogens with two attached hydrogens (primary N) is 1. The van der Waals surface area contributed by atoms with E-state index in [0.717, 1.165) is 6.92 Å². The minimum Gasteiger partial charge on any atom is -0.469 e. The number of anilines is 1. The van der Waals surface area contributed by atoms with E-state index in [4.69, 9.17) is 10.5 Å². The summed E-state index contributed by atoms with van der Waals surface area (Å²) in [6, 6.07) is 8.13. The van der Waals surface area contributed by atoms with E-state index in [1.165, 1.54) is 37.4 Å². The number of pyridine rings is 1. The largest absolute Gasteiger partial charge is 0.469 e. The smallest absolute Gasteiger partial charge is 0.280 e. The van der Waals surface area contributed by atoms with Crippen LogP contribution in [0.15, 0.2) is 36.4 Å². The second-order valence-corrected chi connectivity index (χ2v) is 7.42. The van der Waals surface area contributed by atoms with Gasteiger partial charge in [-0.2, -0.15) is 4.98 Å². The lowest BCUT2D eigenvalue weighted by Gasteiger charge is -2.15. The first kappa shape index (κ1) is 27.6. The Morgan fingerprint density at radius 2 is 1.77 bits per heavy atom. The number of aryl methyl sites for hydroxylation is 1. The number of carbonyl (C=O) groups is 1. The number of halogens is 5. The van der Waals surface area contributed by atoms with Gasteiger partial charge in [0.25, 0.3) is 12.3 Å². The van der Waals surface area contributed by atoms with Crippen LogP contribution in [0.4, 0.5) is 27.9 Å². The molecule has 1 aromatic carbocycles. The van der Waals surface area contributed by atoms with Gasteiger partial charge in [-0.3, -0.25) is 9.78 Å². The van der Waals surface area contributed by atoms with E-state index in [2.05, 4.69) is 20.3 Å². The zero-order chi connectivity index (χ0) is 26.2. The number of nitrogens with one attached hydrogen (secondary N) is 1. The summed E-state index contributed by atoms with van der Waals surface area (Å²) in [4.78, 5) is 22.8. The first-order valence-corrected chi connectivity index (χ1v) is 10.2. The van der Waals surface area contributed by atoms with Crippen molar-refractivity contribution in [3.63, 3.8) is 0 Å². The molecule has 2 aromatic heterocycles. The Morgan fingerprint density at radius 3 is 2.29 bits per heavy atom. The highest BCUT2D eigenvalue weighted by molar-refractivity contribution is 5.85. The number of benzene rings is 1. The summed E-state index contributed by atoms with van der Waals surface area (Å²) in [6.07, 6.45) is -2.27. The van der Waals surface area contributed by atoms with Gasteiger partial charge < -0.3 is 15.8 Å². The van der Waals surface area contributed by atoms with Gasteiger partial charge in [-0.25, -0.2) is 26.9 Å². The molecular weight excluding hydrogens is 473 g/mol. The molecule has 7 nitrogen and oxygen atoms in total. The molecule has 0 aliphatic heterocycles. The van der Waals surface area contributed by atoms with Gasteiger partial charge in [0.2, 0.25) is 11.8 Å². The van der Waals surface area contributed by atoms with E-state index in [-0.39, 0.29) is 36.2 Å². The summed E-state index contributed by atoms with van der Waals surface area (Å²) in [7, 11) is 1.50. The maximum atomic E-state index is 13.3. The maximum Gasteiger partial charge on any atom is 0.280 e. The van der Waals surface area contributed by atoms with Crippen molar-refractivity contribution in [2.45, 2.75) is 26.2 Å². The van der Waals surface area contributed by atoms with Crippen LogP contribution in [-0.2, 0) is 4.79 Å². The van der Waals surface area contributed by atoms with Gasteiger partial charge in [-0.15, -0.1) is 0 Å². The van der Waals surface area contributed by atoms with E-state index in [1.807, 2.05) is 0 Å². The molecule has 0 saturated carbocycles. The first-order valence-electron chi connectivity index (χ1n) is 10.2. The quantitative estimate of drug-likeness (QED) is 0.346. The zero-order valence-electron chi connectivity index (χ0n) is 19.2. The van der Waals surface area contributed by atoms with Crippen LogP contribution in [0.1, 0.15) is 24.7 Å². The Kier molecular flexibility index (Phi) is 9.58. The Labute approximate surface area is 198 Å². The molecule has 3 N–H and O–H groups in total. The average Bonchev–Trinajstić information content (AvgIpc) is 2.77. The number of nitrogen functional groups attached to an aromatic ring is 1. The molecule has 12 heteroatoms. The lowest BCUT2D eigenvalue weighted by molar-refractivity contribution is -0.109. The molecule has 0 atom stereocenters. The molecule has 0 unspecified atom stereocenters. The van der Waals surface area contributed by atoms with Crippen LogP contribution >= 0.6 is 0 Å². The molecule has 0 saturated heterocycles. The molecule has 0 fully saturated rings. The van der Waals surface area contributed by atoms with E-state index in [9.17, 15) is 26.7 Å². The van der Waals surface area contributed by atoms with E-state index in [0.29, 0.717) is 23.1 Å². The van der Waals surface area contributed by atoms with Crippen molar-refractivity contribution < 1.29 is 31.5 Å². The number of alkyl halides is 4. The molecule has 3 rings (SSSR count). The fraction of sp³-hybridized carbons (Fsp3) is 0.304. The number of ether oxygens (including phenoxy) is 1. The van der Waals surface area contributed by atoms with E-state index >= 15 is 0 Å². The second kappa shape index (κ2) is 12.2. The predicted molar refractivity (Wildman–Crippen MR) is 121 cm³/mol. The van der Waals surface area contributed by atoms with Gasteiger partial charge in [0.15, 0.2) is 6.29 Å². The Bertz CT molecular complexity index is 1140. The van der Waals surface area contributed by atoms with Crippen molar-refractivity contribution >= 4 is 12.2 Å². The lowest BCUT2D eigenvalue weighted by atomic mass is 9.99.